The molecule has 3 heterocycles. The number of nitrogens with one attached hydrogen (secondary N) is 1. The second kappa shape index (κ2) is 7.94. The van der Waals surface area contributed by atoms with Gasteiger partial charge in [0.25, 0.3) is 0 Å². The summed E-state index contributed by atoms with van der Waals surface area (Å²) in [7, 11) is 0. The summed E-state index contributed by atoms with van der Waals surface area (Å²) in [6, 6.07) is 10.8. The summed E-state index contributed by atoms with van der Waals surface area (Å²) in [4.78, 5) is 21.0. The number of amides is 2. The highest BCUT2D eigenvalue weighted by molar-refractivity contribution is 5.75. The van der Waals surface area contributed by atoms with Gasteiger partial charge in [-0.15, -0.1) is 0 Å². The molecule has 4 rings (SSSR count). The summed E-state index contributed by atoms with van der Waals surface area (Å²) in [6.07, 6.45) is 6.63. The Kier molecular flexibility index (Phi) is 5.23. The molecule has 6 heteroatoms. The van der Waals surface area contributed by atoms with E-state index in [-0.39, 0.29) is 17.9 Å². The van der Waals surface area contributed by atoms with Gasteiger partial charge in [-0.05, 0) is 67.1 Å². The van der Waals surface area contributed by atoms with E-state index >= 15 is 0 Å². The number of halogens is 1. The highest BCUT2D eigenvalue weighted by atomic mass is 19.1. The van der Waals surface area contributed by atoms with Gasteiger partial charge in [0.05, 0.1) is 6.04 Å². The van der Waals surface area contributed by atoms with E-state index in [0.717, 1.165) is 50.1 Å². The van der Waals surface area contributed by atoms with Gasteiger partial charge in [0.15, 0.2) is 0 Å². The Morgan fingerprint density at radius 2 is 1.89 bits per heavy atom. The van der Waals surface area contributed by atoms with E-state index in [9.17, 15) is 9.18 Å². The van der Waals surface area contributed by atoms with E-state index in [1.807, 2.05) is 29.2 Å². The van der Waals surface area contributed by atoms with Gasteiger partial charge in [0.1, 0.15) is 5.82 Å². The van der Waals surface area contributed by atoms with Crippen molar-refractivity contribution in [3.05, 3.63) is 60.2 Å². The maximum Gasteiger partial charge on any atom is 0.317 e. The molecule has 0 radical (unpaired) electrons. The van der Waals surface area contributed by atoms with E-state index in [0.29, 0.717) is 12.5 Å². The van der Waals surface area contributed by atoms with Gasteiger partial charge in [-0.2, -0.15) is 0 Å². The molecular formula is C21H25FN4O. The van der Waals surface area contributed by atoms with Gasteiger partial charge in [-0.25, -0.2) is 9.18 Å². The molecule has 2 amide bonds. The van der Waals surface area contributed by atoms with Gasteiger partial charge in [-0.3, -0.25) is 4.98 Å². The number of hydrogen-bond donors (Lipinski definition) is 1. The zero-order valence-corrected chi connectivity index (χ0v) is 15.4. The molecule has 5 nitrogen and oxygen atoms in total. The van der Waals surface area contributed by atoms with E-state index in [2.05, 4.69) is 15.2 Å². The van der Waals surface area contributed by atoms with Crippen LogP contribution in [0.4, 0.5) is 14.9 Å². The van der Waals surface area contributed by atoms with Gasteiger partial charge in [0, 0.05) is 44.3 Å². The molecule has 2 aromatic rings. The molecule has 0 unspecified atom stereocenters. The van der Waals surface area contributed by atoms with Crippen LogP contribution in [0.25, 0.3) is 0 Å². The number of likely N-dealkylation sites (tertiary alicyclic amines) is 1. The van der Waals surface area contributed by atoms with Crippen molar-refractivity contribution in [3.8, 4) is 0 Å². The summed E-state index contributed by atoms with van der Waals surface area (Å²) in [6.45, 7) is 3.30. The monoisotopic (exact) mass is 368 g/mol. The van der Waals surface area contributed by atoms with Crippen LogP contribution in [-0.4, -0.2) is 42.1 Å². The standard InChI is InChI=1S/C21H25FN4O/c22-18-3-5-19(6-4-18)25-13-9-16(15-25)14-24-21(27)26-12-1-2-20(26)17-7-10-23-11-8-17/h3-8,10-11,16,20H,1-2,9,12-15H2,(H,24,27)/t16-,20+/m1/s1. The number of carbonyl (C=O) groups excluding carboxylic acids is 1. The van der Waals surface area contributed by atoms with Gasteiger partial charge in [0.2, 0.25) is 0 Å². The Morgan fingerprint density at radius 3 is 2.67 bits per heavy atom. The fourth-order valence-electron chi connectivity index (χ4n) is 4.16. The minimum absolute atomic E-state index is 0.0227. The first-order valence-corrected chi connectivity index (χ1v) is 9.65. The summed E-state index contributed by atoms with van der Waals surface area (Å²) in [5.74, 6) is 0.206. The van der Waals surface area contributed by atoms with Crippen molar-refractivity contribution < 1.29 is 9.18 Å². The van der Waals surface area contributed by atoms with Crippen LogP contribution in [0.5, 0.6) is 0 Å². The molecule has 1 aromatic heterocycles. The Morgan fingerprint density at radius 1 is 1.11 bits per heavy atom. The van der Waals surface area contributed by atoms with Gasteiger partial charge >= 0.3 is 6.03 Å². The second-order valence-electron chi connectivity index (χ2n) is 7.40. The molecule has 2 fully saturated rings. The third-order valence-corrected chi connectivity index (χ3v) is 5.62. The van der Waals surface area contributed by atoms with Crippen molar-refractivity contribution in [1.82, 2.24) is 15.2 Å². The topological polar surface area (TPSA) is 48.5 Å². The van der Waals surface area contributed by atoms with E-state index < -0.39 is 0 Å². The third-order valence-electron chi connectivity index (χ3n) is 5.62. The molecule has 0 spiro atoms. The smallest absolute Gasteiger partial charge is 0.317 e. The first-order chi connectivity index (χ1) is 13.2. The van der Waals surface area contributed by atoms with Crippen molar-refractivity contribution in [3.63, 3.8) is 0 Å². The number of hydrogen-bond acceptors (Lipinski definition) is 3. The molecule has 2 aliphatic heterocycles. The Hall–Kier alpha value is -2.63. The van der Waals surface area contributed by atoms with E-state index in [1.54, 1.807) is 12.4 Å². The summed E-state index contributed by atoms with van der Waals surface area (Å²) >= 11 is 0. The SMILES string of the molecule is O=C(NC[C@H]1CCN(c2ccc(F)cc2)C1)N1CCC[C@H]1c1ccncc1. The molecular weight excluding hydrogens is 343 g/mol. The molecule has 1 N–H and O–H groups in total. The molecule has 1 aromatic carbocycles. The van der Waals surface area contributed by atoms with Crippen LogP contribution in [0.2, 0.25) is 0 Å². The summed E-state index contributed by atoms with van der Waals surface area (Å²) in [5, 5.41) is 3.13. The lowest BCUT2D eigenvalue weighted by atomic mass is 10.1. The number of urea groups is 1. The Bertz CT molecular complexity index is 768. The first kappa shape index (κ1) is 17.8. The average Bonchev–Trinajstić information content (AvgIpc) is 3.37. The lowest BCUT2D eigenvalue weighted by molar-refractivity contribution is 0.191. The van der Waals surface area contributed by atoms with E-state index in [1.165, 1.54) is 12.1 Å². The van der Waals surface area contributed by atoms with Crippen molar-refractivity contribution in [2.75, 3.05) is 31.1 Å². The largest absolute Gasteiger partial charge is 0.371 e. The molecule has 0 saturated carbocycles. The van der Waals surface area contributed by atoms with Crippen LogP contribution >= 0.6 is 0 Å². The molecule has 142 valence electrons. The average molecular weight is 368 g/mol. The number of pyridine rings is 1. The second-order valence-corrected chi connectivity index (χ2v) is 7.40. The van der Waals surface area contributed by atoms with Gasteiger partial charge < -0.3 is 15.1 Å². The number of benzene rings is 1. The summed E-state index contributed by atoms with van der Waals surface area (Å²) < 4.78 is 13.1. The predicted octanol–water partition coefficient (Wildman–Crippen LogP) is 3.59. The first-order valence-electron chi connectivity index (χ1n) is 9.65. The maximum atomic E-state index is 13.1. The summed E-state index contributed by atoms with van der Waals surface area (Å²) in [5.41, 5.74) is 2.20. The number of anilines is 1. The highest BCUT2D eigenvalue weighted by Gasteiger charge is 2.31. The number of nitrogens with zero attached hydrogens (tertiary/aromatic N) is 3. The maximum absolute atomic E-state index is 13.1. The van der Waals surface area contributed by atoms with Crippen LogP contribution in [0.15, 0.2) is 48.8 Å². The number of rotatable bonds is 4. The fraction of sp³-hybridized carbons (Fsp3) is 0.429. The normalized spacial score (nSPS) is 22.3. The van der Waals surface area contributed by atoms with Crippen molar-refractivity contribution in [2.45, 2.75) is 25.3 Å². The Balaban J connectivity index is 1.30. The molecule has 2 saturated heterocycles. The Labute approximate surface area is 159 Å². The van der Waals surface area contributed by atoms with Crippen LogP contribution in [0, 0.1) is 11.7 Å². The molecule has 0 bridgehead atoms. The zero-order valence-electron chi connectivity index (χ0n) is 15.4. The number of carbonyl (C=O) groups is 1. The molecule has 27 heavy (non-hydrogen) atoms. The highest BCUT2D eigenvalue weighted by Crippen LogP contribution is 2.31. The van der Waals surface area contributed by atoms with Crippen molar-refractivity contribution in [1.29, 1.82) is 0 Å². The van der Waals surface area contributed by atoms with Crippen LogP contribution in [0.3, 0.4) is 0 Å². The zero-order chi connectivity index (χ0) is 18.6. The number of aromatic nitrogens is 1. The minimum Gasteiger partial charge on any atom is -0.371 e. The molecule has 0 aliphatic carbocycles. The molecule has 2 aliphatic rings. The van der Waals surface area contributed by atoms with Crippen LogP contribution in [-0.2, 0) is 0 Å². The predicted molar refractivity (Wildman–Crippen MR) is 103 cm³/mol. The van der Waals surface area contributed by atoms with E-state index in [4.69, 9.17) is 0 Å². The van der Waals surface area contributed by atoms with Crippen LogP contribution < -0.4 is 10.2 Å². The third kappa shape index (κ3) is 4.04. The van der Waals surface area contributed by atoms with Crippen molar-refractivity contribution >= 4 is 11.7 Å². The lowest BCUT2D eigenvalue weighted by Gasteiger charge is -2.26. The quantitative estimate of drug-likeness (QED) is 0.897. The lowest BCUT2D eigenvalue weighted by Crippen LogP contribution is -2.41. The van der Waals surface area contributed by atoms with Crippen LogP contribution in [0.1, 0.15) is 30.9 Å². The van der Waals surface area contributed by atoms with Crippen molar-refractivity contribution in [2.24, 2.45) is 5.92 Å². The minimum atomic E-state index is -0.212. The fourth-order valence-corrected chi connectivity index (χ4v) is 4.16. The van der Waals surface area contributed by atoms with Gasteiger partial charge in [-0.1, -0.05) is 0 Å². The molecule has 2 atom stereocenters.